The molecule has 1 saturated heterocycles. The Kier molecular flexibility index (Phi) is 5.46. The van der Waals surface area contributed by atoms with E-state index in [1.54, 1.807) is 11.8 Å². The fourth-order valence-corrected chi connectivity index (χ4v) is 2.69. The summed E-state index contributed by atoms with van der Waals surface area (Å²) in [6, 6.07) is 7.67. The van der Waals surface area contributed by atoms with E-state index >= 15 is 0 Å². The summed E-state index contributed by atoms with van der Waals surface area (Å²) in [6.45, 7) is 3.19. The first-order valence-corrected chi connectivity index (χ1v) is 7.98. The maximum Gasteiger partial charge on any atom is 0.253 e. The average Bonchev–Trinajstić information content (AvgIpc) is 2.55. The average molecular weight is 308 g/mol. The maximum atomic E-state index is 12.4. The Bertz CT molecular complexity index is 510. The second kappa shape index (κ2) is 7.33. The van der Waals surface area contributed by atoms with Crippen molar-refractivity contribution >= 4 is 23.5 Å². The lowest BCUT2D eigenvalue weighted by Gasteiger charge is -2.34. The monoisotopic (exact) mass is 308 g/mol. The fraction of sp³-hybridized carbons (Fsp3) is 0.429. The Morgan fingerprint density at radius 2 is 1.90 bits per heavy atom. The zero-order valence-corrected chi connectivity index (χ0v) is 12.8. The third kappa shape index (κ3) is 4.12. The molecule has 6 nitrogen and oxygen atoms in total. The molecule has 1 amide bonds. The van der Waals surface area contributed by atoms with Crippen LogP contribution in [0.5, 0.6) is 0 Å². The lowest BCUT2D eigenvalue weighted by atomic mass is 10.2. The summed E-state index contributed by atoms with van der Waals surface area (Å²) in [5.41, 5.74) is 6.21. The van der Waals surface area contributed by atoms with Gasteiger partial charge in [0.1, 0.15) is 0 Å². The summed E-state index contributed by atoms with van der Waals surface area (Å²) >= 11 is 1.66. The van der Waals surface area contributed by atoms with Crippen LogP contribution in [-0.2, 0) is 0 Å². The summed E-state index contributed by atoms with van der Waals surface area (Å²) in [6.07, 6.45) is 2.01. The molecule has 1 aromatic rings. The number of amides is 1. The normalized spacial score (nSPS) is 17.0. The zero-order chi connectivity index (χ0) is 15.2. The zero-order valence-electron chi connectivity index (χ0n) is 12.0. The Morgan fingerprint density at radius 3 is 2.43 bits per heavy atom. The van der Waals surface area contributed by atoms with Gasteiger partial charge in [0.05, 0.1) is 6.54 Å². The van der Waals surface area contributed by atoms with Crippen LogP contribution in [-0.4, -0.2) is 65.7 Å². The van der Waals surface area contributed by atoms with Crippen molar-refractivity contribution in [1.82, 2.24) is 9.80 Å². The highest BCUT2D eigenvalue weighted by molar-refractivity contribution is 7.98. The van der Waals surface area contributed by atoms with Crippen LogP contribution in [0.3, 0.4) is 0 Å². The van der Waals surface area contributed by atoms with Crippen LogP contribution in [0.15, 0.2) is 34.3 Å². The van der Waals surface area contributed by atoms with Crippen LogP contribution in [0.1, 0.15) is 10.4 Å². The molecule has 1 heterocycles. The summed E-state index contributed by atoms with van der Waals surface area (Å²) in [5.74, 6) is 0.258. The summed E-state index contributed by atoms with van der Waals surface area (Å²) < 4.78 is 0. The third-order valence-electron chi connectivity index (χ3n) is 3.51. The molecule has 7 heteroatoms. The Labute approximate surface area is 128 Å². The third-order valence-corrected chi connectivity index (χ3v) is 4.25. The van der Waals surface area contributed by atoms with Gasteiger partial charge in [-0.05, 0) is 30.5 Å². The number of hydrogen-bond acceptors (Lipinski definition) is 5. The lowest BCUT2D eigenvalue weighted by Crippen LogP contribution is -2.50. The van der Waals surface area contributed by atoms with E-state index in [1.807, 2.05) is 35.4 Å². The lowest BCUT2D eigenvalue weighted by molar-refractivity contribution is 0.0653. The molecule has 0 aliphatic carbocycles. The number of hydrogen-bond donors (Lipinski definition) is 2. The number of piperazine rings is 1. The number of benzene rings is 1. The number of carbonyl (C=O) groups excluding carboxylic acids is 1. The van der Waals surface area contributed by atoms with Gasteiger partial charge in [-0.3, -0.25) is 9.69 Å². The fourth-order valence-electron chi connectivity index (χ4n) is 2.29. The van der Waals surface area contributed by atoms with Gasteiger partial charge in [-0.2, -0.15) is 0 Å². The van der Waals surface area contributed by atoms with Crippen LogP contribution in [0.2, 0.25) is 0 Å². The molecule has 0 aromatic heterocycles. The largest absolute Gasteiger partial charge is 0.409 e. The molecule has 0 unspecified atom stereocenters. The molecular formula is C14H20N4O2S. The molecular weight excluding hydrogens is 288 g/mol. The van der Waals surface area contributed by atoms with Crippen molar-refractivity contribution in [3.63, 3.8) is 0 Å². The topological polar surface area (TPSA) is 82.2 Å². The van der Waals surface area contributed by atoms with Crippen LogP contribution in [0.25, 0.3) is 0 Å². The van der Waals surface area contributed by atoms with Crippen molar-refractivity contribution in [3.8, 4) is 0 Å². The van der Waals surface area contributed by atoms with E-state index in [0.717, 1.165) is 23.5 Å². The second-order valence-electron chi connectivity index (χ2n) is 4.89. The highest BCUT2D eigenvalue weighted by Crippen LogP contribution is 2.16. The molecule has 1 aliphatic heterocycles. The first-order valence-electron chi connectivity index (χ1n) is 6.76. The number of oxime groups is 1. The Balaban J connectivity index is 1.90. The molecule has 1 fully saturated rings. The number of amidine groups is 1. The molecule has 2 rings (SSSR count). The minimum Gasteiger partial charge on any atom is -0.409 e. The van der Waals surface area contributed by atoms with Gasteiger partial charge in [-0.1, -0.05) is 5.16 Å². The van der Waals surface area contributed by atoms with Gasteiger partial charge in [0.15, 0.2) is 5.84 Å². The van der Waals surface area contributed by atoms with Crippen LogP contribution < -0.4 is 5.73 Å². The van der Waals surface area contributed by atoms with Crippen molar-refractivity contribution in [2.45, 2.75) is 4.90 Å². The number of carbonyl (C=O) groups is 1. The van der Waals surface area contributed by atoms with Gasteiger partial charge in [-0.15, -0.1) is 11.8 Å². The minimum atomic E-state index is 0.0612. The Morgan fingerprint density at radius 1 is 1.29 bits per heavy atom. The minimum absolute atomic E-state index is 0.0612. The predicted octanol–water partition coefficient (Wildman–Crippen LogP) is 0.913. The summed E-state index contributed by atoms with van der Waals surface area (Å²) in [7, 11) is 0. The van der Waals surface area contributed by atoms with Gasteiger partial charge in [-0.25, -0.2) is 0 Å². The van der Waals surface area contributed by atoms with E-state index in [9.17, 15) is 4.79 Å². The van der Waals surface area contributed by atoms with Crippen molar-refractivity contribution < 1.29 is 10.0 Å². The molecule has 3 N–H and O–H groups in total. The highest BCUT2D eigenvalue weighted by Gasteiger charge is 2.22. The van der Waals surface area contributed by atoms with Gasteiger partial charge < -0.3 is 15.8 Å². The van der Waals surface area contributed by atoms with E-state index < -0.39 is 0 Å². The molecule has 114 valence electrons. The van der Waals surface area contributed by atoms with E-state index in [4.69, 9.17) is 10.9 Å². The molecule has 0 bridgehead atoms. The number of nitrogens with two attached hydrogens (primary N) is 1. The van der Waals surface area contributed by atoms with Gasteiger partial charge >= 0.3 is 0 Å². The summed E-state index contributed by atoms with van der Waals surface area (Å²) in [4.78, 5) is 17.5. The molecule has 0 atom stereocenters. The van der Waals surface area contributed by atoms with E-state index in [2.05, 4.69) is 10.1 Å². The smallest absolute Gasteiger partial charge is 0.253 e. The second-order valence-corrected chi connectivity index (χ2v) is 5.77. The quantitative estimate of drug-likeness (QED) is 0.284. The molecule has 0 radical (unpaired) electrons. The maximum absolute atomic E-state index is 12.4. The van der Waals surface area contributed by atoms with Gasteiger partial charge in [0.2, 0.25) is 0 Å². The SMILES string of the molecule is CSc1ccc(C(=O)N2CCN(CC(N)=NO)CC2)cc1. The standard InChI is InChI=1S/C14H20N4O2S/c1-21-12-4-2-11(3-5-12)14(19)18-8-6-17(7-9-18)10-13(15)16-20/h2-5,20H,6-10H2,1H3,(H2,15,16). The van der Waals surface area contributed by atoms with E-state index in [0.29, 0.717) is 19.6 Å². The molecule has 0 saturated carbocycles. The number of thioether (sulfide) groups is 1. The van der Waals surface area contributed by atoms with E-state index in [-0.39, 0.29) is 11.7 Å². The van der Waals surface area contributed by atoms with Crippen molar-refractivity contribution in [3.05, 3.63) is 29.8 Å². The molecule has 1 aromatic carbocycles. The van der Waals surface area contributed by atoms with Gasteiger partial charge in [0, 0.05) is 36.6 Å². The number of rotatable bonds is 4. The van der Waals surface area contributed by atoms with E-state index in [1.165, 1.54) is 0 Å². The van der Waals surface area contributed by atoms with Crippen molar-refractivity contribution in [1.29, 1.82) is 0 Å². The molecule has 21 heavy (non-hydrogen) atoms. The Hall–Kier alpha value is -1.73. The highest BCUT2D eigenvalue weighted by atomic mass is 32.2. The van der Waals surface area contributed by atoms with Crippen LogP contribution in [0, 0.1) is 0 Å². The number of nitrogens with zero attached hydrogens (tertiary/aromatic N) is 3. The first-order chi connectivity index (χ1) is 10.1. The molecule has 0 spiro atoms. The first kappa shape index (κ1) is 15.7. The van der Waals surface area contributed by atoms with Crippen molar-refractivity contribution in [2.24, 2.45) is 10.9 Å². The van der Waals surface area contributed by atoms with Crippen LogP contribution in [0.4, 0.5) is 0 Å². The van der Waals surface area contributed by atoms with Gasteiger partial charge in [0.25, 0.3) is 5.91 Å². The van der Waals surface area contributed by atoms with Crippen molar-refractivity contribution in [2.75, 3.05) is 39.0 Å². The predicted molar refractivity (Wildman–Crippen MR) is 84.0 cm³/mol. The summed E-state index contributed by atoms with van der Waals surface area (Å²) in [5, 5.41) is 11.5. The molecule has 1 aliphatic rings. The van der Waals surface area contributed by atoms with Crippen LogP contribution >= 0.6 is 11.8 Å².